The standard InChI is InChI=1S/C6H7ClF2N2O2S/c1-4-5(14(7,12)13)2-11(10-4)3-6(8)9/h2,6H,3H2,1H3. The van der Waals surface area contributed by atoms with Gasteiger partial charge in [0.25, 0.3) is 15.5 Å². The number of hydrogen-bond donors (Lipinski definition) is 0. The number of nitrogens with zero attached hydrogens (tertiary/aromatic N) is 2. The molecule has 0 amide bonds. The van der Waals surface area contributed by atoms with Gasteiger partial charge in [-0.1, -0.05) is 0 Å². The van der Waals surface area contributed by atoms with E-state index in [4.69, 9.17) is 10.7 Å². The monoisotopic (exact) mass is 244 g/mol. The molecule has 0 fully saturated rings. The predicted octanol–water partition coefficient (Wildman–Crippen LogP) is 1.38. The van der Waals surface area contributed by atoms with Crippen molar-refractivity contribution in [2.45, 2.75) is 24.8 Å². The maximum Gasteiger partial charge on any atom is 0.264 e. The van der Waals surface area contributed by atoms with Gasteiger partial charge in [0.05, 0.1) is 5.69 Å². The highest BCUT2D eigenvalue weighted by Crippen LogP contribution is 2.18. The van der Waals surface area contributed by atoms with Crippen LogP contribution in [0.5, 0.6) is 0 Å². The summed E-state index contributed by atoms with van der Waals surface area (Å²) >= 11 is 0. The fourth-order valence-electron chi connectivity index (χ4n) is 0.974. The van der Waals surface area contributed by atoms with E-state index in [2.05, 4.69) is 5.10 Å². The summed E-state index contributed by atoms with van der Waals surface area (Å²) in [6, 6.07) is 0. The zero-order chi connectivity index (χ0) is 10.9. The Kier molecular flexibility index (Phi) is 3.10. The summed E-state index contributed by atoms with van der Waals surface area (Å²) in [6.07, 6.45) is -1.59. The van der Waals surface area contributed by atoms with E-state index < -0.39 is 22.0 Å². The Morgan fingerprint density at radius 2 is 2.21 bits per heavy atom. The summed E-state index contributed by atoms with van der Waals surface area (Å²) in [5.41, 5.74) is 0.112. The van der Waals surface area contributed by atoms with Crippen LogP contribution >= 0.6 is 10.7 Å². The highest BCUT2D eigenvalue weighted by Gasteiger charge is 2.18. The molecular weight excluding hydrogens is 238 g/mol. The lowest BCUT2D eigenvalue weighted by Crippen LogP contribution is -2.06. The minimum atomic E-state index is -3.90. The van der Waals surface area contributed by atoms with E-state index in [9.17, 15) is 17.2 Å². The molecule has 0 aliphatic heterocycles. The molecule has 0 radical (unpaired) electrons. The third-order valence-corrected chi connectivity index (χ3v) is 2.91. The predicted molar refractivity (Wildman–Crippen MR) is 46.0 cm³/mol. The van der Waals surface area contributed by atoms with Crippen LogP contribution in [0.1, 0.15) is 5.69 Å². The second-order valence-electron chi connectivity index (χ2n) is 2.63. The Hall–Kier alpha value is -0.690. The van der Waals surface area contributed by atoms with Gasteiger partial charge in [-0.05, 0) is 6.92 Å². The minimum Gasteiger partial charge on any atom is -0.265 e. The molecule has 0 bridgehead atoms. The molecule has 0 saturated heterocycles. The molecule has 0 aromatic carbocycles. The number of alkyl halides is 2. The van der Waals surface area contributed by atoms with Crippen molar-refractivity contribution in [2.75, 3.05) is 0 Å². The Morgan fingerprint density at radius 1 is 1.64 bits per heavy atom. The molecule has 14 heavy (non-hydrogen) atoms. The molecule has 4 nitrogen and oxygen atoms in total. The van der Waals surface area contributed by atoms with Gasteiger partial charge in [0.1, 0.15) is 11.4 Å². The molecule has 8 heteroatoms. The lowest BCUT2D eigenvalue weighted by Gasteiger charge is -1.97. The van der Waals surface area contributed by atoms with E-state index in [0.29, 0.717) is 0 Å². The maximum absolute atomic E-state index is 11.9. The van der Waals surface area contributed by atoms with E-state index >= 15 is 0 Å². The van der Waals surface area contributed by atoms with Gasteiger partial charge in [-0.15, -0.1) is 0 Å². The smallest absolute Gasteiger partial charge is 0.264 e. The highest BCUT2D eigenvalue weighted by atomic mass is 35.7. The Balaban J connectivity index is 3.06. The molecule has 1 aromatic heterocycles. The summed E-state index contributed by atoms with van der Waals surface area (Å²) < 4.78 is 46.4. The Bertz CT molecular complexity index is 429. The fourth-order valence-corrected chi connectivity index (χ4v) is 2.07. The van der Waals surface area contributed by atoms with Crippen molar-refractivity contribution in [1.82, 2.24) is 9.78 Å². The molecule has 1 rings (SSSR count). The van der Waals surface area contributed by atoms with Gasteiger partial charge >= 0.3 is 0 Å². The number of aromatic nitrogens is 2. The first-order valence-corrected chi connectivity index (χ1v) is 5.88. The largest absolute Gasteiger partial charge is 0.265 e. The van der Waals surface area contributed by atoms with Crippen LogP contribution in [0.3, 0.4) is 0 Å². The molecule has 80 valence electrons. The second kappa shape index (κ2) is 3.82. The van der Waals surface area contributed by atoms with Crippen molar-refractivity contribution in [3.8, 4) is 0 Å². The van der Waals surface area contributed by atoms with Crippen LogP contribution in [0.4, 0.5) is 8.78 Å². The van der Waals surface area contributed by atoms with Gasteiger partial charge in [0.2, 0.25) is 0 Å². The van der Waals surface area contributed by atoms with E-state index in [1.165, 1.54) is 6.92 Å². The van der Waals surface area contributed by atoms with Crippen LogP contribution in [-0.2, 0) is 15.6 Å². The van der Waals surface area contributed by atoms with Crippen LogP contribution < -0.4 is 0 Å². The van der Waals surface area contributed by atoms with E-state index in [0.717, 1.165) is 10.9 Å². The van der Waals surface area contributed by atoms with E-state index in [-0.39, 0.29) is 10.6 Å². The molecule has 0 spiro atoms. The molecule has 1 aromatic rings. The maximum atomic E-state index is 11.9. The average molecular weight is 245 g/mol. The van der Waals surface area contributed by atoms with Gasteiger partial charge in [-0.25, -0.2) is 17.2 Å². The van der Waals surface area contributed by atoms with Crippen molar-refractivity contribution >= 4 is 19.7 Å². The Labute approximate surface area is 83.9 Å². The van der Waals surface area contributed by atoms with Crippen molar-refractivity contribution < 1.29 is 17.2 Å². The van der Waals surface area contributed by atoms with Crippen molar-refractivity contribution in [3.05, 3.63) is 11.9 Å². The lowest BCUT2D eigenvalue weighted by molar-refractivity contribution is 0.121. The normalized spacial score (nSPS) is 12.4. The average Bonchev–Trinajstić information content (AvgIpc) is 2.27. The number of halogens is 3. The summed E-state index contributed by atoms with van der Waals surface area (Å²) in [4.78, 5) is -0.236. The topological polar surface area (TPSA) is 52.0 Å². The molecule has 0 N–H and O–H groups in total. The first kappa shape index (κ1) is 11.4. The van der Waals surface area contributed by atoms with Gasteiger partial charge in [-0.3, -0.25) is 4.68 Å². The number of hydrogen-bond acceptors (Lipinski definition) is 3. The SMILES string of the molecule is Cc1nn(CC(F)F)cc1S(=O)(=O)Cl. The van der Waals surface area contributed by atoms with Crippen LogP contribution in [0.2, 0.25) is 0 Å². The van der Waals surface area contributed by atoms with Gasteiger partial charge < -0.3 is 0 Å². The third kappa shape index (κ3) is 2.65. The zero-order valence-electron chi connectivity index (χ0n) is 7.11. The minimum absolute atomic E-state index is 0.112. The molecule has 0 saturated carbocycles. The first-order chi connectivity index (χ1) is 6.30. The number of rotatable bonds is 3. The molecule has 0 unspecified atom stereocenters. The van der Waals surface area contributed by atoms with Crippen LogP contribution in [-0.4, -0.2) is 24.6 Å². The van der Waals surface area contributed by atoms with Crippen LogP contribution in [0.25, 0.3) is 0 Å². The second-order valence-corrected chi connectivity index (χ2v) is 5.16. The molecular formula is C6H7ClF2N2O2S. The van der Waals surface area contributed by atoms with Crippen molar-refractivity contribution in [3.63, 3.8) is 0 Å². The molecule has 0 aliphatic carbocycles. The van der Waals surface area contributed by atoms with E-state index in [1.54, 1.807) is 0 Å². The lowest BCUT2D eigenvalue weighted by atomic mass is 10.5. The quantitative estimate of drug-likeness (QED) is 0.755. The van der Waals surface area contributed by atoms with Gasteiger partial charge in [-0.2, -0.15) is 5.10 Å². The summed E-state index contributed by atoms with van der Waals surface area (Å²) in [5.74, 6) is 0. The van der Waals surface area contributed by atoms with Gasteiger partial charge in [0.15, 0.2) is 0 Å². The zero-order valence-corrected chi connectivity index (χ0v) is 8.69. The van der Waals surface area contributed by atoms with Crippen molar-refractivity contribution in [1.29, 1.82) is 0 Å². The molecule has 1 heterocycles. The number of aryl methyl sites for hydroxylation is 1. The summed E-state index contributed by atoms with van der Waals surface area (Å²) in [5, 5.41) is 3.59. The fraction of sp³-hybridized carbons (Fsp3) is 0.500. The van der Waals surface area contributed by atoms with Crippen LogP contribution in [0.15, 0.2) is 11.1 Å². The third-order valence-electron chi connectivity index (χ3n) is 1.49. The molecule has 0 aliphatic rings. The first-order valence-electron chi connectivity index (χ1n) is 3.57. The summed E-state index contributed by atoms with van der Waals surface area (Å²) in [6.45, 7) is 0.741. The van der Waals surface area contributed by atoms with Crippen LogP contribution in [0, 0.1) is 6.92 Å². The van der Waals surface area contributed by atoms with E-state index in [1.807, 2.05) is 0 Å². The molecule has 0 atom stereocenters. The Morgan fingerprint density at radius 3 is 2.57 bits per heavy atom. The van der Waals surface area contributed by atoms with Gasteiger partial charge in [0, 0.05) is 16.9 Å². The highest BCUT2D eigenvalue weighted by molar-refractivity contribution is 8.13. The summed E-state index contributed by atoms with van der Waals surface area (Å²) in [7, 11) is 1.14. The van der Waals surface area contributed by atoms with Crippen molar-refractivity contribution in [2.24, 2.45) is 0 Å².